The summed E-state index contributed by atoms with van der Waals surface area (Å²) in [4.78, 5) is 28.3. The second-order valence-corrected chi connectivity index (χ2v) is 7.18. The van der Waals surface area contributed by atoms with Crippen LogP contribution in [0, 0.1) is 0 Å². The molecule has 1 saturated carbocycles. The van der Waals surface area contributed by atoms with Gasteiger partial charge in [-0.2, -0.15) is 0 Å². The van der Waals surface area contributed by atoms with Crippen molar-refractivity contribution in [1.29, 1.82) is 0 Å². The Morgan fingerprint density at radius 3 is 2.74 bits per heavy atom. The van der Waals surface area contributed by atoms with Crippen molar-refractivity contribution < 1.29 is 9.59 Å². The van der Waals surface area contributed by atoms with Gasteiger partial charge in [-0.3, -0.25) is 4.79 Å². The minimum atomic E-state index is -0.153. The maximum absolute atomic E-state index is 12.2. The van der Waals surface area contributed by atoms with Gasteiger partial charge in [-0.25, -0.2) is 9.78 Å². The summed E-state index contributed by atoms with van der Waals surface area (Å²) in [6.07, 6.45) is 6.91. The fourth-order valence-electron chi connectivity index (χ4n) is 3.59. The van der Waals surface area contributed by atoms with Crippen molar-refractivity contribution in [2.45, 2.75) is 57.9 Å². The SMILES string of the molecule is CCC(=O)NCCc1nc2cc(NC(=O)NC3CCCCC3)ccc2n1C. The zero-order chi connectivity index (χ0) is 19.2. The number of hydrogen-bond donors (Lipinski definition) is 3. The number of carbonyl (C=O) groups is 2. The minimum Gasteiger partial charge on any atom is -0.356 e. The first-order valence-corrected chi connectivity index (χ1v) is 9.86. The molecule has 3 rings (SSSR count). The van der Waals surface area contributed by atoms with E-state index in [1.807, 2.05) is 36.7 Å². The van der Waals surface area contributed by atoms with Crippen molar-refractivity contribution >= 4 is 28.7 Å². The van der Waals surface area contributed by atoms with Crippen LogP contribution in [0.1, 0.15) is 51.3 Å². The number of fused-ring (bicyclic) bond motifs is 1. The summed E-state index contributed by atoms with van der Waals surface area (Å²) in [6.45, 7) is 2.40. The van der Waals surface area contributed by atoms with Crippen LogP contribution in [0.4, 0.5) is 10.5 Å². The van der Waals surface area contributed by atoms with Gasteiger partial charge in [0.25, 0.3) is 0 Å². The number of imidazole rings is 1. The molecule has 3 amide bonds. The Kier molecular flexibility index (Phi) is 6.32. The van der Waals surface area contributed by atoms with Crippen LogP contribution in [0.15, 0.2) is 18.2 Å². The number of hydrogen-bond acceptors (Lipinski definition) is 3. The van der Waals surface area contributed by atoms with Crippen LogP contribution in [0.2, 0.25) is 0 Å². The lowest BCUT2D eigenvalue weighted by Crippen LogP contribution is -2.38. The van der Waals surface area contributed by atoms with E-state index in [0.29, 0.717) is 19.4 Å². The third-order valence-electron chi connectivity index (χ3n) is 5.16. The number of anilines is 1. The van der Waals surface area contributed by atoms with Gasteiger partial charge in [0.15, 0.2) is 0 Å². The maximum atomic E-state index is 12.2. The highest BCUT2D eigenvalue weighted by molar-refractivity contribution is 5.92. The normalized spacial score (nSPS) is 14.9. The molecule has 0 saturated heterocycles. The monoisotopic (exact) mass is 371 g/mol. The van der Waals surface area contributed by atoms with Crippen molar-refractivity contribution in [3.8, 4) is 0 Å². The van der Waals surface area contributed by atoms with Crippen molar-refractivity contribution in [3.63, 3.8) is 0 Å². The molecular weight excluding hydrogens is 342 g/mol. The Bertz CT molecular complexity index is 808. The Hall–Kier alpha value is -2.57. The third-order valence-corrected chi connectivity index (χ3v) is 5.16. The zero-order valence-electron chi connectivity index (χ0n) is 16.2. The number of benzene rings is 1. The first-order chi connectivity index (χ1) is 13.1. The Labute approximate surface area is 159 Å². The van der Waals surface area contributed by atoms with Crippen LogP contribution in [-0.4, -0.2) is 34.1 Å². The molecule has 7 heteroatoms. The lowest BCUT2D eigenvalue weighted by molar-refractivity contribution is -0.120. The molecule has 1 aromatic carbocycles. The average Bonchev–Trinajstić information content (AvgIpc) is 2.97. The number of amides is 3. The van der Waals surface area contributed by atoms with Gasteiger partial charge in [-0.05, 0) is 31.0 Å². The van der Waals surface area contributed by atoms with E-state index in [2.05, 4.69) is 20.9 Å². The fourth-order valence-corrected chi connectivity index (χ4v) is 3.59. The Morgan fingerprint density at radius 2 is 2.00 bits per heavy atom. The summed E-state index contributed by atoms with van der Waals surface area (Å²) in [5, 5.41) is 8.85. The molecule has 0 bridgehead atoms. The van der Waals surface area contributed by atoms with Crippen LogP contribution in [0.3, 0.4) is 0 Å². The molecule has 7 nitrogen and oxygen atoms in total. The molecule has 1 aliphatic rings. The van der Waals surface area contributed by atoms with E-state index in [4.69, 9.17) is 0 Å². The fraction of sp³-hybridized carbons (Fsp3) is 0.550. The van der Waals surface area contributed by atoms with Crippen LogP contribution in [0.5, 0.6) is 0 Å². The molecule has 1 fully saturated rings. The highest BCUT2D eigenvalue weighted by Crippen LogP contribution is 2.21. The molecule has 27 heavy (non-hydrogen) atoms. The van der Waals surface area contributed by atoms with Gasteiger partial charge in [-0.15, -0.1) is 0 Å². The van der Waals surface area contributed by atoms with Crippen molar-refractivity contribution in [2.24, 2.45) is 7.05 Å². The number of urea groups is 1. The summed E-state index contributed by atoms with van der Waals surface area (Å²) >= 11 is 0. The smallest absolute Gasteiger partial charge is 0.319 e. The highest BCUT2D eigenvalue weighted by Gasteiger charge is 2.16. The molecule has 1 aromatic heterocycles. The van der Waals surface area contributed by atoms with Gasteiger partial charge in [0, 0.05) is 38.2 Å². The number of nitrogens with zero attached hydrogens (tertiary/aromatic N) is 2. The Morgan fingerprint density at radius 1 is 1.22 bits per heavy atom. The number of aryl methyl sites for hydroxylation is 1. The summed E-state index contributed by atoms with van der Waals surface area (Å²) < 4.78 is 2.03. The van der Waals surface area contributed by atoms with Crippen LogP contribution < -0.4 is 16.0 Å². The van der Waals surface area contributed by atoms with Crippen molar-refractivity contribution in [1.82, 2.24) is 20.2 Å². The van der Waals surface area contributed by atoms with Gasteiger partial charge < -0.3 is 20.5 Å². The molecule has 1 heterocycles. The number of aromatic nitrogens is 2. The van der Waals surface area contributed by atoms with E-state index < -0.39 is 0 Å². The molecule has 146 valence electrons. The molecule has 2 aromatic rings. The van der Waals surface area contributed by atoms with E-state index in [9.17, 15) is 9.59 Å². The first-order valence-electron chi connectivity index (χ1n) is 9.86. The van der Waals surface area contributed by atoms with Gasteiger partial charge in [0.1, 0.15) is 5.82 Å². The quantitative estimate of drug-likeness (QED) is 0.729. The van der Waals surface area contributed by atoms with Crippen molar-refractivity contribution in [3.05, 3.63) is 24.0 Å². The van der Waals surface area contributed by atoms with Crippen LogP contribution in [-0.2, 0) is 18.3 Å². The first kappa shape index (κ1) is 19.2. The molecule has 0 atom stereocenters. The lowest BCUT2D eigenvalue weighted by Gasteiger charge is -2.22. The zero-order valence-corrected chi connectivity index (χ0v) is 16.2. The largest absolute Gasteiger partial charge is 0.356 e. The minimum absolute atomic E-state index is 0.0456. The summed E-state index contributed by atoms with van der Waals surface area (Å²) in [5.74, 6) is 0.953. The van der Waals surface area contributed by atoms with Crippen LogP contribution >= 0.6 is 0 Å². The predicted octanol–water partition coefficient (Wildman–Crippen LogP) is 3.10. The Balaban J connectivity index is 1.62. The van der Waals surface area contributed by atoms with E-state index >= 15 is 0 Å². The predicted molar refractivity (Wildman–Crippen MR) is 107 cm³/mol. The molecule has 1 aliphatic carbocycles. The number of rotatable bonds is 6. The molecule has 0 aliphatic heterocycles. The van der Waals surface area contributed by atoms with Gasteiger partial charge in [-0.1, -0.05) is 26.2 Å². The lowest BCUT2D eigenvalue weighted by atomic mass is 9.96. The van der Waals surface area contributed by atoms with E-state index in [1.165, 1.54) is 19.3 Å². The van der Waals surface area contributed by atoms with Crippen LogP contribution in [0.25, 0.3) is 11.0 Å². The maximum Gasteiger partial charge on any atom is 0.319 e. The van der Waals surface area contributed by atoms with Crippen molar-refractivity contribution in [2.75, 3.05) is 11.9 Å². The van der Waals surface area contributed by atoms with Gasteiger partial charge in [0.05, 0.1) is 11.0 Å². The van der Waals surface area contributed by atoms with Gasteiger partial charge >= 0.3 is 6.03 Å². The molecule has 3 N–H and O–H groups in total. The second kappa shape index (κ2) is 8.88. The average molecular weight is 371 g/mol. The topological polar surface area (TPSA) is 88.1 Å². The number of carbonyl (C=O) groups excluding carboxylic acids is 2. The van der Waals surface area contributed by atoms with E-state index in [-0.39, 0.29) is 18.0 Å². The number of nitrogens with one attached hydrogen (secondary N) is 3. The highest BCUT2D eigenvalue weighted by atomic mass is 16.2. The summed E-state index contributed by atoms with van der Waals surface area (Å²) in [6, 6.07) is 5.88. The summed E-state index contributed by atoms with van der Waals surface area (Å²) in [7, 11) is 1.97. The molecule has 0 radical (unpaired) electrons. The second-order valence-electron chi connectivity index (χ2n) is 7.18. The molecular formula is C20H29N5O2. The third kappa shape index (κ3) is 4.99. The van der Waals surface area contributed by atoms with E-state index in [1.54, 1.807) is 0 Å². The van der Waals surface area contributed by atoms with Gasteiger partial charge in [0.2, 0.25) is 5.91 Å². The molecule has 0 unspecified atom stereocenters. The molecule has 0 spiro atoms. The summed E-state index contributed by atoms with van der Waals surface area (Å²) in [5.41, 5.74) is 2.58. The van der Waals surface area contributed by atoms with E-state index in [0.717, 1.165) is 35.4 Å². The standard InChI is InChI=1S/C20H29N5O2/c1-3-19(26)21-12-11-18-24-16-13-15(9-10-17(16)25(18)2)23-20(27)22-14-7-5-4-6-8-14/h9-10,13-14H,3-8,11-12H2,1-2H3,(H,21,26)(H2,22,23,27).